The van der Waals surface area contributed by atoms with Gasteiger partial charge in [-0.3, -0.25) is 0 Å². The van der Waals surface area contributed by atoms with Crippen molar-refractivity contribution in [1.29, 1.82) is 0 Å². The second-order valence-corrected chi connectivity index (χ2v) is 16.7. The van der Waals surface area contributed by atoms with Gasteiger partial charge in [-0.05, 0) is 124 Å². The minimum absolute atomic E-state index is 0.522. The van der Waals surface area contributed by atoms with Crippen molar-refractivity contribution >= 4 is 49.4 Å². The number of anilines is 3. The molecule has 0 unspecified atom stereocenters. The van der Waals surface area contributed by atoms with Crippen LogP contribution in [0.25, 0.3) is 76.8 Å². The molecule has 1 spiro atoms. The molecule has 0 atom stereocenters. The zero-order chi connectivity index (χ0) is 40.8. The molecule has 0 fully saturated rings. The fraction of sp³-hybridized carbons (Fsp3) is 0.0164. The lowest BCUT2D eigenvalue weighted by Crippen LogP contribution is -2.26. The fourth-order valence-electron chi connectivity index (χ4n) is 11.2. The maximum atomic E-state index is 2.47. The van der Waals surface area contributed by atoms with Crippen molar-refractivity contribution in [1.82, 2.24) is 0 Å². The Morgan fingerprint density at radius 3 is 1.60 bits per heavy atom. The second kappa shape index (κ2) is 13.5. The molecule has 11 aromatic rings. The topological polar surface area (TPSA) is 3.24 Å². The van der Waals surface area contributed by atoms with Gasteiger partial charge in [0.05, 0.1) is 11.1 Å². The highest BCUT2D eigenvalue weighted by molar-refractivity contribution is 6.22. The van der Waals surface area contributed by atoms with Crippen molar-refractivity contribution in [2.45, 2.75) is 5.41 Å². The molecule has 1 nitrogen and oxygen atoms in total. The van der Waals surface area contributed by atoms with Crippen LogP contribution in [0.5, 0.6) is 0 Å². The van der Waals surface area contributed by atoms with Crippen LogP contribution in [0.15, 0.2) is 237 Å². The highest BCUT2D eigenvalue weighted by Gasteiger charge is 2.53. The smallest absolute Gasteiger partial charge is 0.0737 e. The van der Waals surface area contributed by atoms with Crippen LogP contribution in [0.2, 0.25) is 0 Å². The lowest BCUT2D eigenvalue weighted by atomic mass is 9.68. The molecule has 0 bridgehead atoms. The third kappa shape index (κ3) is 4.85. The number of hydrogen-bond acceptors (Lipinski definition) is 1. The first-order valence-corrected chi connectivity index (χ1v) is 21.6. The molecule has 62 heavy (non-hydrogen) atoms. The average molecular weight is 786 g/mol. The zero-order valence-electron chi connectivity index (χ0n) is 34.0. The molecular formula is C61H39N. The summed E-state index contributed by atoms with van der Waals surface area (Å²) < 4.78 is 0. The van der Waals surface area contributed by atoms with E-state index in [2.05, 4.69) is 241 Å². The van der Waals surface area contributed by atoms with Gasteiger partial charge < -0.3 is 4.90 Å². The molecule has 0 N–H and O–H groups in total. The minimum Gasteiger partial charge on any atom is -0.310 e. The molecule has 1 heteroatoms. The van der Waals surface area contributed by atoms with Gasteiger partial charge in [0.15, 0.2) is 0 Å². The van der Waals surface area contributed by atoms with E-state index in [1.807, 2.05) is 0 Å². The maximum Gasteiger partial charge on any atom is 0.0737 e. The molecule has 2 aliphatic rings. The Morgan fingerprint density at radius 2 is 0.871 bits per heavy atom. The Morgan fingerprint density at radius 1 is 0.290 bits per heavy atom. The Bertz CT molecular complexity index is 3520. The van der Waals surface area contributed by atoms with Crippen LogP contribution >= 0.6 is 0 Å². The molecular weight excluding hydrogens is 747 g/mol. The van der Waals surface area contributed by atoms with Crippen molar-refractivity contribution < 1.29 is 0 Å². The van der Waals surface area contributed by atoms with Crippen LogP contribution in [-0.2, 0) is 5.41 Å². The summed E-state index contributed by atoms with van der Waals surface area (Å²) in [4.78, 5) is 2.47. The number of hydrogen-bond donors (Lipinski definition) is 0. The molecule has 11 aromatic carbocycles. The van der Waals surface area contributed by atoms with Crippen molar-refractivity contribution in [2.75, 3.05) is 4.90 Å². The number of nitrogens with zero attached hydrogens (tertiary/aromatic N) is 1. The lowest BCUT2D eigenvalue weighted by molar-refractivity contribution is 0.809. The van der Waals surface area contributed by atoms with Crippen LogP contribution in [-0.4, -0.2) is 0 Å². The third-order valence-electron chi connectivity index (χ3n) is 13.6. The van der Waals surface area contributed by atoms with E-state index in [-0.39, 0.29) is 0 Å². The number of benzene rings is 11. The first-order chi connectivity index (χ1) is 30.8. The van der Waals surface area contributed by atoms with Gasteiger partial charge in [0.25, 0.3) is 0 Å². The van der Waals surface area contributed by atoms with E-state index in [1.165, 1.54) is 99.1 Å². The van der Waals surface area contributed by atoms with Crippen LogP contribution < -0.4 is 4.90 Å². The Labute approximate surface area is 361 Å². The van der Waals surface area contributed by atoms with Crippen LogP contribution in [0, 0.1) is 0 Å². The van der Waals surface area contributed by atoms with Crippen molar-refractivity contribution in [3.05, 3.63) is 259 Å². The van der Waals surface area contributed by atoms with Crippen molar-refractivity contribution in [3.8, 4) is 44.5 Å². The molecule has 288 valence electrons. The van der Waals surface area contributed by atoms with Crippen LogP contribution in [0.1, 0.15) is 22.3 Å². The highest BCUT2D eigenvalue weighted by Crippen LogP contribution is 2.66. The van der Waals surface area contributed by atoms with E-state index < -0.39 is 5.41 Å². The molecule has 13 rings (SSSR count). The van der Waals surface area contributed by atoms with Gasteiger partial charge in [-0.25, -0.2) is 0 Å². The summed E-state index contributed by atoms with van der Waals surface area (Å²) in [6.45, 7) is 0. The van der Waals surface area contributed by atoms with Gasteiger partial charge in [-0.1, -0.05) is 206 Å². The van der Waals surface area contributed by atoms with Crippen LogP contribution in [0.3, 0.4) is 0 Å². The summed E-state index contributed by atoms with van der Waals surface area (Å²) in [7, 11) is 0. The number of para-hydroxylation sites is 1. The second-order valence-electron chi connectivity index (χ2n) is 16.7. The number of fused-ring (bicyclic) bond motifs is 17. The third-order valence-corrected chi connectivity index (χ3v) is 13.6. The fourth-order valence-corrected chi connectivity index (χ4v) is 11.2. The van der Waals surface area contributed by atoms with Gasteiger partial charge in [0.1, 0.15) is 0 Å². The monoisotopic (exact) mass is 785 g/mol. The Balaban J connectivity index is 1.15. The predicted octanol–water partition coefficient (Wildman–Crippen LogP) is 16.3. The first-order valence-electron chi connectivity index (χ1n) is 21.6. The molecule has 0 amide bonds. The summed E-state index contributed by atoms with van der Waals surface area (Å²) in [6.07, 6.45) is 0. The van der Waals surface area contributed by atoms with Gasteiger partial charge in [-0.15, -0.1) is 0 Å². The maximum absolute atomic E-state index is 2.47. The summed E-state index contributed by atoms with van der Waals surface area (Å²) >= 11 is 0. The summed E-state index contributed by atoms with van der Waals surface area (Å²) in [6, 6.07) is 87.8. The molecule has 0 heterocycles. The zero-order valence-corrected chi connectivity index (χ0v) is 34.0. The van der Waals surface area contributed by atoms with E-state index >= 15 is 0 Å². The quantitative estimate of drug-likeness (QED) is 0.157. The van der Waals surface area contributed by atoms with Gasteiger partial charge in [-0.2, -0.15) is 0 Å². The molecule has 0 aromatic heterocycles. The summed E-state index contributed by atoms with van der Waals surface area (Å²) in [5.74, 6) is 0. The highest BCUT2D eigenvalue weighted by atomic mass is 15.1. The first kappa shape index (κ1) is 34.8. The lowest BCUT2D eigenvalue weighted by Gasteiger charge is -2.33. The molecule has 0 aliphatic heterocycles. The Kier molecular flexibility index (Phi) is 7.59. The van der Waals surface area contributed by atoms with E-state index in [0.29, 0.717) is 0 Å². The Hall–Kier alpha value is -8.00. The minimum atomic E-state index is -0.522. The molecule has 0 saturated carbocycles. The normalized spacial score (nSPS) is 13.0. The van der Waals surface area contributed by atoms with E-state index in [1.54, 1.807) is 0 Å². The summed E-state index contributed by atoms with van der Waals surface area (Å²) in [5, 5.41) is 7.64. The van der Waals surface area contributed by atoms with Crippen molar-refractivity contribution in [3.63, 3.8) is 0 Å². The van der Waals surface area contributed by atoms with E-state index in [0.717, 1.165) is 17.1 Å². The van der Waals surface area contributed by atoms with Gasteiger partial charge in [0, 0.05) is 16.9 Å². The molecule has 2 aliphatic carbocycles. The van der Waals surface area contributed by atoms with E-state index in [4.69, 9.17) is 0 Å². The predicted molar refractivity (Wildman–Crippen MR) is 261 cm³/mol. The number of rotatable bonds is 5. The average Bonchev–Trinajstić information content (AvgIpc) is 3.83. The van der Waals surface area contributed by atoms with Crippen molar-refractivity contribution in [2.24, 2.45) is 0 Å². The SMILES string of the molecule is c1ccc(-c2ccc(-c3ccccc3)c(N(c3ccccc3)c3ccc4c5c(c6ccccc6c4c3)-c3ccc4ccccc4c3C53c4ccccc4-c4ccccc43)c2)cc1. The molecule has 0 saturated heterocycles. The van der Waals surface area contributed by atoms with Crippen LogP contribution in [0.4, 0.5) is 17.1 Å². The van der Waals surface area contributed by atoms with Gasteiger partial charge >= 0.3 is 0 Å². The van der Waals surface area contributed by atoms with Gasteiger partial charge in [0.2, 0.25) is 0 Å². The standard InChI is InChI=1S/C61H39N/c1-4-18-40(19-5-1)43-33-35-46(41-20-6-2-7-21-41)57(38-43)62(44-23-8-3-9-24-44)45-34-37-52-54(39-45)48-26-12-13-29-51(48)58-53-36-32-42-22-10-11-25-47(42)59(53)61(60(52)58)55-30-16-14-27-49(55)50-28-15-17-31-56(50)61/h1-39H. The largest absolute Gasteiger partial charge is 0.310 e. The molecule has 0 radical (unpaired) electrons. The summed E-state index contributed by atoms with van der Waals surface area (Å²) in [5.41, 5.74) is 18.3. The van der Waals surface area contributed by atoms with E-state index in [9.17, 15) is 0 Å².